The van der Waals surface area contributed by atoms with Crippen LogP contribution in [0.5, 0.6) is 5.88 Å². The fourth-order valence-electron chi connectivity index (χ4n) is 1.48. The van der Waals surface area contributed by atoms with Gasteiger partial charge in [-0.2, -0.15) is 4.98 Å². The van der Waals surface area contributed by atoms with Crippen LogP contribution in [0.1, 0.15) is 13.3 Å². The second kappa shape index (κ2) is 5.99. The summed E-state index contributed by atoms with van der Waals surface area (Å²) in [6.07, 6.45) is 2.17. The Labute approximate surface area is 110 Å². The van der Waals surface area contributed by atoms with Crippen molar-refractivity contribution in [2.24, 2.45) is 0 Å². The van der Waals surface area contributed by atoms with Gasteiger partial charge in [0.1, 0.15) is 17.8 Å². The molecular weight excluding hydrogens is 247 g/mol. The average Bonchev–Trinajstić information content (AvgIpc) is 2.42. The number of nitrogens with two attached hydrogens (primary N) is 1. The lowest BCUT2D eigenvalue weighted by Crippen LogP contribution is -2.06. The highest BCUT2D eigenvalue weighted by molar-refractivity contribution is 5.72. The molecule has 1 aromatic carbocycles. The van der Waals surface area contributed by atoms with Gasteiger partial charge in [-0.1, -0.05) is 19.1 Å². The van der Waals surface area contributed by atoms with Gasteiger partial charge in [0.2, 0.25) is 5.88 Å². The molecule has 3 N–H and O–H groups in total. The highest BCUT2D eigenvalue weighted by Crippen LogP contribution is 2.28. The van der Waals surface area contributed by atoms with Gasteiger partial charge >= 0.3 is 0 Å². The Morgan fingerprint density at radius 3 is 2.84 bits per heavy atom. The van der Waals surface area contributed by atoms with Gasteiger partial charge in [-0.05, 0) is 18.6 Å². The topological polar surface area (TPSA) is 73.1 Å². The number of hydrogen-bond donors (Lipinski definition) is 2. The summed E-state index contributed by atoms with van der Waals surface area (Å²) in [7, 11) is 0. The Bertz CT molecular complexity index is 562. The lowest BCUT2D eigenvalue weighted by Gasteiger charge is -2.11. The number of nitrogen functional groups attached to an aromatic ring is 1. The van der Waals surface area contributed by atoms with Crippen LogP contribution in [0.4, 0.5) is 21.6 Å². The predicted molar refractivity (Wildman–Crippen MR) is 71.9 cm³/mol. The van der Waals surface area contributed by atoms with Crippen molar-refractivity contribution in [3.05, 3.63) is 36.4 Å². The van der Waals surface area contributed by atoms with E-state index in [1.54, 1.807) is 18.2 Å². The van der Waals surface area contributed by atoms with E-state index in [1.807, 2.05) is 6.92 Å². The van der Waals surface area contributed by atoms with E-state index in [-0.39, 0.29) is 11.5 Å². The summed E-state index contributed by atoms with van der Waals surface area (Å²) in [5, 5.41) is 2.83. The maximum Gasteiger partial charge on any atom is 0.242 e. The Morgan fingerprint density at radius 2 is 2.11 bits per heavy atom. The maximum atomic E-state index is 13.5. The predicted octanol–water partition coefficient (Wildman–Crippen LogP) is 2.73. The monoisotopic (exact) mass is 262 g/mol. The van der Waals surface area contributed by atoms with Crippen molar-refractivity contribution in [1.82, 2.24) is 9.97 Å². The third-order valence-electron chi connectivity index (χ3n) is 2.42. The molecule has 0 atom stereocenters. The second-order valence-electron chi connectivity index (χ2n) is 3.89. The first-order chi connectivity index (χ1) is 9.22. The Hall–Kier alpha value is -2.37. The van der Waals surface area contributed by atoms with Crippen LogP contribution in [-0.2, 0) is 0 Å². The molecule has 6 heteroatoms. The molecule has 0 unspecified atom stereocenters. The number of halogens is 1. The number of benzene rings is 1. The van der Waals surface area contributed by atoms with Gasteiger partial charge in [-0.15, -0.1) is 0 Å². The van der Waals surface area contributed by atoms with Crippen LogP contribution >= 0.6 is 0 Å². The number of para-hydroxylation sites is 1. The normalized spacial score (nSPS) is 10.2. The van der Waals surface area contributed by atoms with E-state index in [0.29, 0.717) is 24.0 Å². The number of nitrogens with zero attached hydrogens (tertiary/aromatic N) is 2. The third-order valence-corrected chi connectivity index (χ3v) is 2.42. The van der Waals surface area contributed by atoms with Crippen molar-refractivity contribution in [3.63, 3.8) is 0 Å². The summed E-state index contributed by atoms with van der Waals surface area (Å²) < 4.78 is 18.9. The lowest BCUT2D eigenvalue weighted by atomic mass is 10.3. The molecule has 100 valence electrons. The smallest absolute Gasteiger partial charge is 0.242 e. The Morgan fingerprint density at radius 1 is 1.32 bits per heavy atom. The molecule has 0 fully saturated rings. The summed E-state index contributed by atoms with van der Waals surface area (Å²) in [6, 6.07) is 6.29. The Kier molecular flexibility index (Phi) is 4.12. The molecule has 0 bridgehead atoms. The van der Waals surface area contributed by atoms with Gasteiger partial charge in [-0.25, -0.2) is 9.37 Å². The molecule has 2 aromatic rings. The quantitative estimate of drug-likeness (QED) is 0.866. The summed E-state index contributed by atoms with van der Waals surface area (Å²) in [6.45, 7) is 2.50. The van der Waals surface area contributed by atoms with Crippen molar-refractivity contribution in [2.75, 3.05) is 17.7 Å². The summed E-state index contributed by atoms with van der Waals surface area (Å²) >= 11 is 0. The minimum Gasteiger partial charge on any atom is -0.476 e. The van der Waals surface area contributed by atoms with Crippen LogP contribution in [0, 0.1) is 5.82 Å². The molecule has 0 spiro atoms. The second-order valence-corrected chi connectivity index (χ2v) is 3.89. The number of anilines is 3. The van der Waals surface area contributed by atoms with Gasteiger partial charge in [-0.3, -0.25) is 0 Å². The molecule has 1 heterocycles. The SMILES string of the molecule is CCCOc1ncnc(Nc2ccccc2F)c1N. The van der Waals surface area contributed by atoms with Crippen LogP contribution in [0.3, 0.4) is 0 Å². The number of hydrogen-bond acceptors (Lipinski definition) is 5. The Balaban J connectivity index is 2.23. The van der Waals surface area contributed by atoms with E-state index in [1.165, 1.54) is 12.4 Å². The number of nitrogens with one attached hydrogen (secondary N) is 1. The first kappa shape index (κ1) is 13.1. The summed E-state index contributed by atoms with van der Waals surface area (Å²) in [5.74, 6) is 0.249. The minimum absolute atomic E-state index is 0.263. The zero-order valence-corrected chi connectivity index (χ0v) is 10.6. The average molecular weight is 262 g/mol. The standard InChI is InChI=1S/C13H15FN4O/c1-2-7-19-13-11(15)12(16-8-17-13)18-10-6-4-3-5-9(10)14/h3-6,8H,2,7,15H2,1H3,(H,16,17,18). The van der Waals surface area contributed by atoms with Crippen LogP contribution in [-0.4, -0.2) is 16.6 Å². The first-order valence-electron chi connectivity index (χ1n) is 5.97. The molecule has 19 heavy (non-hydrogen) atoms. The van der Waals surface area contributed by atoms with Crippen molar-refractivity contribution < 1.29 is 9.13 Å². The van der Waals surface area contributed by atoms with Crippen molar-refractivity contribution in [1.29, 1.82) is 0 Å². The van der Waals surface area contributed by atoms with E-state index >= 15 is 0 Å². The largest absolute Gasteiger partial charge is 0.476 e. The zero-order chi connectivity index (χ0) is 13.7. The van der Waals surface area contributed by atoms with Gasteiger partial charge in [0.05, 0.1) is 12.3 Å². The third kappa shape index (κ3) is 3.09. The van der Waals surface area contributed by atoms with Crippen LogP contribution in [0.25, 0.3) is 0 Å². The molecule has 0 aliphatic heterocycles. The highest BCUT2D eigenvalue weighted by Gasteiger charge is 2.10. The van der Waals surface area contributed by atoms with E-state index in [4.69, 9.17) is 10.5 Å². The highest BCUT2D eigenvalue weighted by atomic mass is 19.1. The maximum absolute atomic E-state index is 13.5. The molecule has 0 aliphatic rings. The van der Waals surface area contributed by atoms with E-state index < -0.39 is 0 Å². The van der Waals surface area contributed by atoms with E-state index in [9.17, 15) is 4.39 Å². The number of rotatable bonds is 5. The first-order valence-corrected chi connectivity index (χ1v) is 5.97. The van der Waals surface area contributed by atoms with Crippen LogP contribution < -0.4 is 15.8 Å². The molecule has 0 radical (unpaired) electrons. The number of aromatic nitrogens is 2. The molecular formula is C13H15FN4O. The van der Waals surface area contributed by atoms with E-state index in [0.717, 1.165) is 6.42 Å². The van der Waals surface area contributed by atoms with Crippen LogP contribution in [0.2, 0.25) is 0 Å². The summed E-state index contributed by atoms with van der Waals surface area (Å²) in [5.41, 5.74) is 6.45. The molecule has 5 nitrogen and oxygen atoms in total. The van der Waals surface area contributed by atoms with Crippen molar-refractivity contribution in [2.45, 2.75) is 13.3 Å². The fraction of sp³-hybridized carbons (Fsp3) is 0.231. The molecule has 0 saturated carbocycles. The lowest BCUT2D eigenvalue weighted by molar-refractivity contribution is 0.307. The molecule has 0 saturated heterocycles. The van der Waals surface area contributed by atoms with Crippen molar-refractivity contribution in [3.8, 4) is 5.88 Å². The fourth-order valence-corrected chi connectivity index (χ4v) is 1.48. The van der Waals surface area contributed by atoms with Gasteiger partial charge in [0.25, 0.3) is 0 Å². The molecule has 2 rings (SSSR count). The number of ether oxygens (including phenoxy) is 1. The zero-order valence-electron chi connectivity index (χ0n) is 10.6. The van der Waals surface area contributed by atoms with Gasteiger partial charge in [0, 0.05) is 0 Å². The molecule has 1 aromatic heterocycles. The van der Waals surface area contributed by atoms with Crippen LogP contribution in [0.15, 0.2) is 30.6 Å². The van der Waals surface area contributed by atoms with Gasteiger partial charge in [0.15, 0.2) is 5.82 Å². The summed E-state index contributed by atoms with van der Waals surface area (Å²) in [4.78, 5) is 7.94. The molecule has 0 aliphatic carbocycles. The van der Waals surface area contributed by atoms with E-state index in [2.05, 4.69) is 15.3 Å². The molecule has 0 amide bonds. The van der Waals surface area contributed by atoms with Crippen molar-refractivity contribution >= 4 is 17.2 Å². The van der Waals surface area contributed by atoms with Gasteiger partial charge < -0.3 is 15.8 Å². The minimum atomic E-state index is -0.378.